The Bertz CT molecular complexity index is 470. The molecule has 0 unspecified atom stereocenters. The van der Waals surface area contributed by atoms with Gasteiger partial charge in [-0.15, -0.1) is 6.58 Å². The van der Waals surface area contributed by atoms with Gasteiger partial charge in [0.2, 0.25) is 0 Å². The van der Waals surface area contributed by atoms with Gasteiger partial charge in [-0.25, -0.2) is 4.68 Å². The molecule has 1 N–H and O–H groups in total. The fourth-order valence-corrected chi connectivity index (χ4v) is 1.50. The Kier molecular flexibility index (Phi) is 4.33. The molecule has 0 bridgehead atoms. The van der Waals surface area contributed by atoms with E-state index in [1.165, 1.54) is 0 Å². The van der Waals surface area contributed by atoms with Crippen molar-refractivity contribution < 1.29 is 13.2 Å². The summed E-state index contributed by atoms with van der Waals surface area (Å²) in [6.45, 7) is 2.43. The summed E-state index contributed by atoms with van der Waals surface area (Å²) in [5.74, 6) is 0. The van der Waals surface area contributed by atoms with E-state index in [-0.39, 0.29) is 4.47 Å². The first-order valence-electron chi connectivity index (χ1n) is 4.52. The summed E-state index contributed by atoms with van der Waals surface area (Å²) in [6.07, 6.45) is -1.78. The quantitative estimate of drug-likeness (QED) is 0.867. The molecule has 0 aliphatic carbocycles. The summed E-state index contributed by atoms with van der Waals surface area (Å²) in [4.78, 5) is 11.5. The predicted octanol–water partition coefficient (Wildman–Crippen LogP) is 2.17. The zero-order valence-electron chi connectivity index (χ0n) is 8.59. The molecule has 1 heterocycles. The van der Waals surface area contributed by atoms with Crippen LogP contribution in [0, 0.1) is 0 Å². The Hall–Kier alpha value is -1.31. The molecule has 1 rings (SSSR count). The average Bonchev–Trinajstić information content (AvgIpc) is 2.22. The van der Waals surface area contributed by atoms with Gasteiger partial charge in [0.15, 0.2) is 0 Å². The van der Waals surface area contributed by atoms with E-state index < -0.39 is 18.3 Å². The van der Waals surface area contributed by atoms with Crippen LogP contribution in [-0.2, 0) is 6.54 Å². The van der Waals surface area contributed by atoms with E-state index in [0.717, 1.165) is 6.20 Å². The number of nitrogens with one attached hydrogen (secondary N) is 1. The third-order valence-electron chi connectivity index (χ3n) is 1.75. The summed E-state index contributed by atoms with van der Waals surface area (Å²) in [7, 11) is 0. The standard InChI is InChI=1S/C9H9BrF3N3O/c1-2-3-14-6-4-15-16(5-9(11,12)13)8(17)7(6)10/h2,4,14H,1,3,5H2. The lowest BCUT2D eigenvalue weighted by Gasteiger charge is -2.10. The van der Waals surface area contributed by atoms with Crippen molar-refractivity contribution in [2.24, 2.45) is 0 Å². The maximum Gasteiger partial charge on any atom is 0.408 e. The summed E-state index contributed by atoms with van der Waals surface area (Å²) < 4.78 is 36.7. The first-order chi connectivity index (χ1) is 7.85. The molecule has 0 radical (unpaired) electrons. The molecule has 0 fully saturated rings. The average molecular weight is 312 g/mol. The number of hydrogen-bond acceptors (Lipinski definition) is 3. The van der Waals surface area contributed by atoms with E-state index >= 15 is 0 Å². The van der Waals surface area contributed by atoms with Gasteiger partial charge in [-0.3, -0.25) is 4.79 Å². The molecule has 0 aliphatic heterocycles. The van der Waals surface area contributed by atoms with Crippen molar-refractivity contribution in [3.63, 3.8) is 0 Å². The number of nitrogens with zero attached hydrogens (tertiary/aromatic N) is 2. The van der Waals surface area contributed by atoms with Crippen LogP contribution in [0.25, 0.3) is 0 Å². The maximum absolute atomic E-state index is 12.1. The van der Waals surface area contributed by atoms with Crippen molar-refractivity contribution >= 4 is 21.6 Å². The summed E-state index contributed by atoms with van der Waals surface area (Å²) in [6, 6.07) is 0. The van der Waals surface area contributed by atoms with Gasteiger partial charge in [-0.2, -0.15) is 18.3 Å². The SMILES string of the molecule is C=CCNc1cnn(CC(F)(F)F)c(=O)c1Br. The smallest absolute Gasteiger partial charge is 0.379 e. The minimum absolute atomic E-state index is 0.0126. The highest BCUT2D eigenvalue weighted by Gasteiger charge is 2.29. The van der Waals surface area contributed by atoms with Crippen LogP contribution in [0.2, 0.25) is 0 Å². The van der Waals surface area contributed by atoms with Crippen LogP contribution in [0.3, 0.4) is 0 Å². The topological polar surface area (TPSA) is 46.9 Å². The molecule has 0 aromatic carbocycles. The minimum Gasteiger partial charge on any atom is -0.379 e. The van der Waals surface area contributed by atoms with Gasteiger partial charge in [0, 0.05) is 6.54 Å². The summed E-state index contributed by atoms with van der Waals surface area (Å²) in [5, 5.41) is 6.21. The van der Waals surface area contributed by atoms with Crippen molar-refractivity contribution in [3.8, 4) is 0 Å². The molecule has 0 aliphatic rings. The number of anilines is 1. The lowest BCUT2D eigenvalue weighted by Crippen LogP contribution is -2.31. The fraction of sp³-hybridized carbons (Fsp3) is 0.333. The molecule has 0 amide bonds. The number of alkyl halides is 3. The zero-order valence-corrected chi connectivity index (χ0v) is 10.2. The normalized spacial score (nSPS) is 11.3. The Morgan fingerprint density at radius 2 is 2.24 bits per heavy atom. The Morgan fingerprint density at radius 3 is 2.76 bits per heavy atom. The number of halogens is 4. The van der Waals surface area contributed by atoms with Crippen LogP contribution in [-0.4, -0.2) is 22.5 Å². The Morgan fingerprint density at radius 1 is 1.59 bits per heavy atom. The number of rotatable bonds is 4. The Labute approximate surface area is 103 Å². The van der Waals surface area contributed by atoms with E-state index in [1.807, 2.05) is 0 Å². The first kappa shape index (κ1) is 13.8. The molecule has 0 saturated carbocycles. The summed E-state index contributed by atoms with van der Waals surface area (Å²) in [5.41, 5.74) is -0.510. The number of hydrogen-bond donors (Lipinski definition) is 1. The largest absolute Gasteiger partial charge is 0.408 e. The molecule has 0 atom stereocenters. The van der Waals surface area contributed by atoms with Crippen molar-refractivity contribution in [1.29, 1.82) is 0 Å². The predicted molar refractivity (Wildman–Crippen MR) is 60.9 cm³/mol. The van der Waals surface area contributed by atoms with Crippen LogP contribution in [0.5, 0.6) is 0 Å². The highest BCUT2D eigenvalue weighted by atomic mass is 79.9. The van der Waals surface area contributed by atoms with Crippen molar-refractivity contribution in [1.82, 2.24) is 9.78 Å². The van der Waals surface area contributed by atoms with Crippen LogP contribution >= 0.6 is 15.9 Å². The summed E-state index contributed by atoms with van der Waals surface area (Å²) >= 11 is 2.93. The van der Waals surface area contributed by atoms with E-state index in [1.54, 1.807) is 6.08 Å². The van der Waals surface area contributed by atoms with Crippen LogP contribution < -0.4 is 10.9 Å². The van der Waals surface area contributed by atoms with Crippen LogP contribution in [0.15, 0.2) is 28.1 Å². The van der Waals surface area contributed by atoms with Gasteiger partial charge in [0.25, 0.3) is 5.56 Å². The lowest BCUT2D eigenvalue weighted by atomic mass is 10.4. The second kappa shape index (κ2) is 5.35. The van der Waals surface area contributed by atoms with Gasteiger partial charge >= 0.3 is 6.18 Å². The Balaban J connectivity index is 3.02. The van der Waals surface area contributed by atoms with E-state index in [9.17, 15) is 18.0 Å². The van der Waals surface area contributed by atoms with E-state index in [2.05, 4.69) is 32.9 Å². The van der Waals surface area contributed by atoms with E-state index in [0.29, 0.717) is 16.9 Å². The van der Waals surface area contributed by atoms with Crippen molar-refractivity contribution in [3.05, 3.63) is 33.7 Å². The van der Waals surface area contributed by atoms with E-state index in [4.69, 9.17) is 0 Å². The van der Waals surface area contributed by atoms with Gasteiger partial charge in [0.1, 0.15) is 11.0 Å². The third kappa shape index (κ3) is 3.88. The molecule has 0 saturated heterocycles. The monoisotopic (exact) mass is 311 g/mol. The molecule has 17 heavy (non-hydrogen) atoms. The third-order valence-corrected chi connectivity index (χ3v) is 2.52. The maximum atomic E-state index is 12.1. The highest BCUT2D eigenvalue weighted by Crippen LogP contribution is 2.19. The van der Waals surface area contributed by atoms with Crippen molar-refractivity contribution in [2.75, 3.05) is 11.9 Å². The van der Waals surface area contributed by atoms with Gasteiger partial charge in [0.05, 0.1) is 11.9 Å². The van der Waals surface area contributed by atoms with Gasteiger partial charge < -0.3 is 5.32 Å². The van der Waals surface area contributed by atoms with Gasteiger partial charge in [-0.05, 0) is 15.9 Å². The fourth-order valence-electron chi connectivity index (χ4n) is 1.05. The minimum atomic E-state index is -4.48. The molecule has 8 heteroatoms. The van der Waals surface area contributed by atoms with Crippen LogP contribution in [0.1, 0.15) is 0 Å². The molecular formula is C9H9BrF3N3O. The second-order valence-corrected chi connectivity index (χ2v) is 3.91. The molecular weight excluding hydrogens is 303 g/mol. The van der Waals surface area contributed by atoms with Crippen LogP contribution in [0.4, 0.5) is 18.9 Å². The molecule has 94 valence electrons. The number of aromatic nitrogens is 2. The molecule has 1 aromatic heterocycles. The second-order valence-electron chi connectivity index (χ2n) is 3.12. The lowest BCUT2D eigenvalue weighted by molar-refractivity contribution is -0.143. The van der Waals surface area contributed by atoms with Gasteiger partial charge in [-0.1, -0.05) is 6.08 Å². The molecule has 0 spiro atoms. The molecule has 4 nitrogen and oxygen atoms in total. The first-order valence-corrected chi connectivity index (χ1v) is 5.31. The molecule has 1 aromatic rings. The zero-order chi connectivity index (χ0) is 13.1. The highest BCUT2D eigenvalue weighted by molar-refractivity contribution is 9.10. The van der Waals surface area contributed by atoms with Crippen molar-refractivity contribution in [2.45, 2.75) is 12.7 Å².